The minimum absolute atomic E-state index is 0.721. The average Bonchev–Trinajstić information content (AvgIpc) is 2.51. The lowest BCUT2D eigenvalue weighted by atomic mass is 10.2. The molecule has 1 heterocycles. The van der Waals surface area contributed by atoms with Crippen molar-refractivity contribution >= 4 is 11.6 Å². The van der Waals surface area contributed by atoms with Crippen molar-refractivity contribution in [3.8, 4) is 11.3 Å². The van der Waals surface area contributed by atoms with E-state index in [1.54, 1.807) is 10.9 Å². The van der Waals surface area contributed by atoms with Gasteiger partial charge in [-0.05, 0) is 12.1 Å². The van der Waals surface area contributed by atoms with Gasteiger partial charge in [-0.2, -0.15) is 0 Å². The largest absolute Gasteiger partial charge is 0.248 e. The summed E-state index contributed by atoms with van der Waals surface area (Å²) < 4.78 is 1.71. The van der Waals surface area contributed by atoms with Crippen LogP contribution < -0.4 is 0 Å². The molecule has 0 radical (unpaired) electrons. The van der Waals surface area contributed by atoms with Crippen LogP contribution in [0.4, 0.5) is 0 Å². The van der Waals surface area contributed by atoms with E-state index in [1.807, 2.05) is 31.3 Å². The van der Waals surface area contributed by atoms with Crippen molar-refractivity contribution < 1.29 is 0 Å². The molecule has 0 atom stereocenters. The molecule has 0 unspecified atom stereocenters. The van der Waals surface area contributed by atoms with Gasteiger partial charge in [0.2, 0.25) is 0 Å². The molecule has 0 spiro atoms. The van der Waals surface area contributed by atoms with Crippen molar-refractivity contribution in [2.45, 2.75) is 0 Å². The van der Waals surface area contributed by atoms with E-state index in [1.165, 1.54) is 0 Å². The van der Waals surface area contributed by atoms with Crippen LogP contribution in [0.15, 0.2) is 30.5 Å². The van der Waals surface area contributed by atoms with Gasteiger partial charge < -0.3 is 0 Å². The summed E-state index contributed by atoms with van der Waals surface area (Å²) in [6.07, 6.45) is 1.71. The van der Waals surface area contributed by atoms with Crippen LogP contribution in [0.3, 0.4) is 0 Å². The van der Waals surface area contributed by atoms with Gasteiger partial charge in [-0.3, -0.25) is 0 Å². The maximum Gasteiger partial charge on any atom is 0.0882 e. The molecule has 0 aliphatic heterocycles. The van der Waals surface area contributed by atoms with Crippen LogP contribution in [0, 0.1) is 0 Å². The summed E-state index contributed by atoms with van der Waals surface area (Å²) in [5, 5.41) is 8.36. The smallest absolute Gasteiger partial charge is 0.0882 e. The van der Waals surface area contributed by atoms with Gasteiger partial charge in [0.25, 0.3) is 0 Å². The molecule has 0 bridgehead atoms. The first-order valence-corrected chi connectivity index (χ1v) is 4.26. The highest BCUT2D eigenvalue weighted by Crippen LogP contribution is 2.20. The maximum atomic E-state index is 5.86. The number of rotatable bonds is 1. The number of aryl methyl sites for hydroxylation is 1. The lowest BCUT2D eigenvalue weighted by molar-refractivity contribution is 0.720. The molecular formula is C9H8ClN3. The SMILES string of the molecule is Cn1nncc1-c1cccc(Cl)c1. The van der Waals surface area contributed by atoms with Gasteiger partial charge in [0.1, 0.15) is 0 Å². The zero-order chi connectivity index (χ0) is 9.26. The molecule has 2 aromatic rings. The molecule has 0 amide bonds. The van der Waals surface area contributed by atoms with Crippen LogP contribution in [-0.4, -0.2) is 15.0 Å². The summed E-state index contributed by atoms with van der Waals surface area (Å²) in [4.78, 5) is 0. The standard InChI is InChI=1S/C9H8ClN3/c1-13-9(6-11-12-13)7-3-2-4-8(10)5-7/h2-6H,1H3. The first-order valence-electron chi connectivity index (χ1n) is 3.88. The monoisotopic (exact) mass is 193 g/mol. The fraction of sp³-hybridized carbons (Fsp3) is 0.111. The van der Waals surface area contributed by atoms with Gasteiger partial charge in [-0.15, -0.1) is 5.10 Å². The Morgan fingerprint density at radius 3 is 2.85 bits per heavy atom. The van der Waals surface area contributed by atoms with Crippen molar-refractivity contribution in [1.29, 1.82) is 0 Å². The molecule has 0 saturated carbocycles. The Bertz CT molecular complexity index is 422. The summed E-state index contributed by atoms with van der Waals surface area (Å²) in [6, 6.07) is 7.62. The number of aromatic nitrogens is 3. The van der Waals surface area contributed by atoms with Crippen molar-refractivity contribution in [2.75, 3.05) is 0 Å². The molecule has 0 fully saturated rings. The van der Waals surface area contributed by atoms with Crippen molar-refractivity contribution in [1.82, 2.24) is 15.0 Å². The molecule has 0 saturated heterocycles. The Balaban J connectivity index is 2.53. The Hall–Kier alpha value is -1.35. The number of nitrogens with zero attached hydrogens (tertiary/aromatic N) is 3. The van der Waals surface area contributed by atoms with Crippen molar-refractivity contribution in [2.24, 2.45) is 7.05 Å². The quantitative estimate of drug-likeness (QED) is 0.695. The third-order valence-corrected chi connectivity index (χ3v) is 2.07. The molecule has 1 aromatic carbocycles. The van der Waals surface area contributed by atoms with Gasteiger partial charge in [0.15, 0.2) is 0 Å². The molecule has 4 heteroatoms. The van der Waals surface area contributed by atoms with Crippen LogP contribution >= 0.6 is 11.6 Å². The summed E-state index contributed by atoms with van der Waals surface area (Å²) in [6.45, 7) is 0. The summed E-state index contributed by atoms with van der Waals surface area (Å²) in [5.41, 5.74) is 1.99. The van der Waals surface area contributed by atoms with E-state index in [0.717, 1.165) is 16.3 Å². The van der Waals surface area contributed by atoms with E-state index in [4.69, 9.17) is 11.6 Å². The Kier molecular flexibility index (Phi) is 2.02. The topological polar surface area (TPSA) is 30.7 Å². The van der Waals surface area contributed by atoms with E-state index in [0.29, 0.717) is 0 Å². The molecule has 2 rings (SSSR count). The Morgan fingerprint density at radius 2 is 2.23 bits per heavy atom. The van der Waals surface area contributed by atoms with Crippen LogP contribution in [-0.2, 0) is 7.05 Å². The summed E-state index contributed by atoms with van der Waals surface area (Å²) in [7, 11) is 1.85. The predicted molar refractivity (Wildman–Crippen MR) is 51.4 cm³/mol. The lowest BCUT2D eigenvalue weighted by Crippen LogP contribution is -1.93. The predicted octanol–water partition coefficient (Wildman–Crippen LogP) is 2.14. The normalized spacial score (nSPS) is 10.3. The Labute approximate surface area is 81.0 Å². The minimum Gasteiger partial charge on any atom is -0.248 e. The van der Waals surface area contributed by atoms with Crippen LogP contribution in [0.5, 0.6) is 0 Å². The average molecular weight is 194 g/mol. The first kappa shape index (κ1) is 8.26. The third kappa shape index (κ3) is 1.55. The second kappa shape index (κ2) is 3.18. The number of hydrogen-bond acceptors (Lipinski definition) is 2. The van der Waals surface area contributed by atoms with E-state index >= 15 is 0 Å². The van der Waals surface area contributed by atoms with Crippen LogP contribution in [0.2, 0.25) is 5.02 Å². The molecule has 13 heavy (non-hydrogen) atoms. The molecule has 0 N–H and O–H groups in total. The van der Waals surface area contributed by atoms with Crippen LogP contribution in [0.25, 0.3) is 11.3 Å². The molecule has 3 nitrogen and oxygen atoms in total. The van der Waals surface area contributed by atoms with E-state index in [-0.39, 0.29) is 0 Å². The van der Waals surface area contributed by atoms with Gasteiger partial charge in [0.05, 0.1) is 11.9 Å². The third-order valence-electron chi connectivity index (χ3n) is 1.83. The van der Waals surface area contributed by atoms with Crippen molar-refractivity contribution in [3.63, 3.8) is 0 Å². The molecule has 0 aliphatic carbocycles. The zero-order valence-electron chi connectivity index (χ0n) is 7.11. The maximum absolute atomic E-state index is 5.86. The first-order chi connectivity index (χ1) is 6.27. The van der Waals surface area contributed by atoms with Gasteiger partial charge in [-0.25, -0.2) is 4.68 Å². The van der Waals surface area contributed by atoms with E-state index < -0.39 is 0 Å². The second-order valence-corrected chi connectivity index (χ2v) is 3.19. The van der Waals surface area contributed by atoms with Gasteiger partial charge in [0, 0.05) is 17.6 Å². The zero-order valence-corrected chi connectivity index (χ0v) is 7.86. The molecular weight excluding hydrogens is 186 g/mol. The van der Waals surface area contributed by atoms with Crippen molar-refractivity contribution in [3.05, 3.63) is 35.5 Å². The highest BCUT2D eigenvalue weighted by Gasteiger charge is 2.02. The fourth-order valence-corrected chi connectivity index (χ4v) is 1.39. The fourth-order valence-electron chi connectivity index (χ4n) is 1.20. The van der Waals surface area contributed by atoms with Gasteiger partial charge in [-0.1, -0.05) is 28.9 Å². The second-order valence-electron chi connectivity index (χ2n) is 2.75. The Morgan fingerprint density at radius 1 is 1.38 bits per heavy atom. The number of hydrogen-bond donors (Lipinski definition) is 0. The highest BCUT2D eigenvalue weighted by atomic mass is 35.5. The highest BCUT2D eigenvalue weighted by molar-refractivity contribution is 6.30. The lowest BCUT2D eigenvalue weighted by Gasteiger charge is -2.00. The van der Waals surface area contributed by atoms with E-state index in [2.05, 4.69) is 10.3 Å². The van der Waals surface area contributed by atoms with Gasteiger partial charge >= 0.3 is 0 Å². The molecule has 66 valence electrons. The van der Waals surface area contributed by atoms with E-state index in [9.17, 15) is 0 Å². The van der Waals surface area contributed by atoms with Crippen LogP contribution in [0.1, 0.15) is 0 Å². The minimum atomic E-state index is 0.721. The molecule has 1 aromatic heterocycles. The number of halogens is 1. The summed E-state index contributed by atoms with van der Waals surface area (Å²) in [5.74, 6) is 0. The molecule has 0 aliphatic rings. The number of benzene rings is 1. The summed E-state index contributed by atoms with van der Waals surface area (Å²) >= 11 is 5.86.